The number of rotatable bonds is 4. The summed E-state index contributed by atoms with van der Waals surface area (Å²) in [7, 11) is 0. The number of nitrogens with zero attached hydrogens (tertiary/aromatic N) is 1. The Kier molecular flexibility index (Phi) is 4.52. The second-order valence-corrected chi connectivity index (χ2v) is 4.39. The number of carboxylic acid groups (broad SMARTS) is 1. The summed E-state index contributed by atoms with van der Waals surface area (Å²) in [5.74, 6) is 4.53. The Labute approximate surface area is 118 Å². The number of hydrogen-bond acceptors (Lipinski definition) is 2. The quantitative estimate of drug-likeness (QED) is 0.863. The van der Waals surface area contributed by atoms with Crippen LogP contribution in [0.4, 0.5) is 0 Å². The van der Waals surface area contributed by atoms with Crippen LogP contribution >= 0.6 is 0 Å². The van der Waals surface area contributed by atoms with Crippen molar-refractivity contribution in [2.24, 2.45) is 0 Å². The van der Waals surface area contributed by atoms with E-state index >= 15 is 0 Å². The lowest BCUT2D eigenvalue weighted by Crippen LogP contribution is -2.05. The molecule has 1 aromatic carbocycles. The van der Waals surface area contributed by atoms with Gasteiger partial charge in [-0.15, -0.1) is 5.92 Å². The average Bonchev–Trinajstić information content (AvgIpc) is 2.47. The molecule has 1 unspecified atom stereocenters. The lowest BCUT2D eigenvalue weighted by atomic mass is 9.97. The molecule has 0 saturated heterocycles. The van der Waals surface area contributed by atoms with Gasteiger partial charge in [-0.05, 0) is 18.6 Å². The number of carbonyl (C=O) groups is 1. The Bertz CT molecular complexity index is 636. The molecule has 20 heavy (non-hydrogen) atoms. The zero-order valence-corrected chi connectivity index (χ0v) is 11.2. The van der Waals surface area contributed by atoms with Gasteiger partial charge in [-0.25, -0.2) is 0 Å². The predicted molar refractivity (Wildman–Crippen MR) is 78.1 cm³/mol. The lowest BCUT2D eigenvalue weighted by molar-refractivity contribution is -0.137. The first kappa shape index (κ1) is 13.8. The van der Waals surface area contributed by atoms with Gasteiger partial charge in [0.15, 0.2) is 0 Å². The molecule has 0 aliphatic rings. The minimum atomic E-state index is -0.857. The maximum atomic E-state index is 10.9. The summed E-state index contributed by atoms with van der Waals surface area (Å²) in [6.07, 6.45) is 1.70. The maximum absolute atomic E-state index is 10.9. The molecule has 0 bridgehead atoms. The monoisotopic (exact) mass is 265 g/mol. The van der Waals surface area contributed by atoms with Gasteiger partial charge >= 0.3 is 5.97 Å². The molecule has 0 fully saturated rings. The third-order valence-corrected chi connectivity index (χ3v) is 2.96. The summed E-state index contributed by atoms with van der Waals surface area (Å²) in [6, 6.07) is 13.6. The second kappa shape index (κ2) is 6.53. The van der Waals surface area contributed by atoms with E-state index in [0.29, 0.717) is 0 Å². The highest BCUT2D eigenvalue weighted by Gasteiger charge is 2.13. The molecule has 2 rings (SSSR count). The fourth-order valence-electron chi connectivity index (χ4n) is 1.99. The van der Waals surface area contributed by atoms with Gasteiger partial charge < -0.3 is 5.11 Å². The maximum Gasteiger partial charge on any atom is 0.304 e. The standard InChI is InChI=1S/C17H15NO2/c1-2-6-14(11-17(19)20)15-9-10-16(18-12-15)13-7-4-3-5-8-13/h3-5,7-10,12,14H,11H2,1H3,(H,19,20). The summed E-state index contributed by atoms with van der Waals surface area (Å²) in [6.45, 7) is 1.71. The molecule has 1 heterocycles. The van der Waals surface area contributed by atoms with Gasteiger partial charge in [-0.2, -0.15) is 0 Å². The molecule has 2 aromatic rings. The molecule has 0 aliphatic heterocycles. The topological polar surface area (TPSA) is 50.2 Å². The molecule has 3 nitrogen and oxygen atoms in total. The first-order valence-electron chi connectivity index (χ1n) is 6.36. The van der Waals surface area contributed by atoms with E-state index in [4.69, 9.17) is 5.11 Å². The lowest BCUT2D eigenvalue weighted by Gasteiger charge is -2.09. The minimum absolute atomic E-state index is 0.00674. The van der Waals surface area contributed by atoms with E-state index < -0.39 is 5.97 Å². The number of carboxylic acids is 1. The van der Waals surface area contributed by atoms with Crippen LogP contribution in [0.15, 0.2) is 48.7 Å². The molecule has 0 spiro atoms. The van der Waals surface area contributed by atoms with Gasteiger partial charge in [-0.3, -0.25) is 9.78 Å². The van der Waals surface area contributed by atoms with Crippen LogP contribution in [0.25, 0.3) is 11.3 Å². The van der Waals surface area contributed by atoms with E-state index in [9.17, 15) is 4.79 Å². The zero-order chi connectivity index (χ0) is 14.4. The molecule has 0 radical (unpaired) electrons. The van der Waals surface area contributed by atoms with Crippen LogP contribution in [0.2, 0.25) is 0 Å². The molecule has 0 aliphatic carbocycles. The van der Waals surface area contributed by atoms with Crippen LogP contribution in [0.1, 0.15) is 24.8 Å². The van der Waals surface area contributed by atoms with Crippen LogP contribution in [0.5, 0.6) is 0 Å². The van der Waals surface area contributed by atoms with Gasteiger partial charge in [0.2, 0.25) is 0 Å². The van der Waals surface area contributed by atoms with Crippen molar-refractivity contribution < 1.29 is 9.90 Å². The summed E-state index contributed by atoms with van der Waals surface area (Å²) in [5.41, 5.74) is 2.74. The highest BCUT2D eigenvalue weighted by atomic mass is 16.4. The third-order valence-electron chi connectivity index (χ3n) is 2.96. The molecule has 1 N–H and O–H groups in total. The van der Waals surface area contributed by atoms with Crippen LogP contribution in [-0.4, -0.2) is 16.1 Å². The van der Waals surface area contributed by atoms with Crippen molar-refractivity contribution in [3.63, 3.8) is 0 Å². The van der Waals surface area contributed by atoms with E-state index in [1.165, 1.54) is 0 Å². The molecule has 0 saturated carbocycles. The predicted octanol–water partition coefficient (Wildman–Crippen LogP) is 3.33. The van der Waals surface area contributed by atoms with Crippen molar-refractivity contribution in [1.29, 1.82) is 0 Å². The molecule has 1 atom stereocenters. The molecule has 1 aromatic heterocycles. The zero-order valence-electron chi connectivity index (χ0n) is 11.2. The van der Waals surface area contributed by atoms with Crippen molar-refractivity contribution in [3.05, 3.63) is 54.2 Å². The molecule has 100 valence electrons. The number of pyridine rings is 1. The third kappa shape index (κ3) is 3.46. The van der Waals surface area contributed by atoms with Crippen LogP contribution in [-0.2, 0) is 4.79 Å². The molecule has 3 heteroatoms. The summed E-state index contributed by atoms with van der Waals surface area (Å²) < 4.78 is 0. The fourth-order valence-corrected chi connectivity index (χ4v) is 1.99. The number of hydrogen-bond donors (Lipinski definition) is 1. The van der Waals surface area contributed by atoms with Crippen molar-refractivity contribution >= 4 is 5.97 Å². The Morgan fingerprint density at radius 2 is 2.00 bits per heavy atom. The summed E-state index contributed by atoms with van der Waals surface area (Å²) >= 11 is 0. The van der Waals surface area contributed by atoms with Gasteiger partial charge in [0.05, 0.1) is 18.0 Å². The molecular weight excluding hydrogens is 250 g/mol. The van der Waals surface area contributed by atoms with E-state index in [0.717, 1.165) is 16.8 Å². The van der Waals surface area contributed by atoms with Gasteiger partial charge in [0.1, 0.15) is 0 Å². The Morgan fingerprint density at radius 1 is 1.25 bits per heavy atom. The Morgan fingerprint density at radius 3 is 2.55 bits per heavy atom. The molecule has 0 amide bonds. The molecular formula is C17H15NO2. The van der Waals surface area contributed by atoms with Gasteiger partial charge in [0.25, 0.3) is 0 Å². The number of aromatic nitrogens is 1. The number of benzene rings is 1. The highest BCUT2D eigenvalue weighted by Crippen LogP contribution is 2.22. The largest absolute Gasteiger partial charge is 0.481 e. The first-order chi connectivity index (χ1) is 9.70. The highest BCUT2D eigenvalue weighted by molar-refractivity contribution is 5.69. The van der Waals surface area contributed by atoms with E-state index in [1.807, 2.05) is 42.5 Å². The van der Waals surface area contributed by atoms with Crippen molar-refractivity contribution in [2.75, 3.05) is 0 Å². The average molecular weight is 265 g/mol. The fraction of sp³-hybridized carbons (Fsp3) is 0.176. The van der Waals surface area contributed by atoms with E-state index in [2.05, 4.69) is 16.8 Å². The SMILES string of the molecule is CC#CC(CC(=O)O)c1ccc(-c2ccccc2)nc1. The van der Waals surface area contributed by atoms with Crippen molar-refractivity contribution in [2.45, 2.75) is 19.3 Å². The van der Waals surface area contributed by atoms with Gasteiger partial charge in [0, 0.05) is 11.8 Å². The Balaban J connectivity index is 2.26. The summed E-state index contributed by atoms with van der Waals surface area (Å²) in [4.78, 5) is 15.3. The number of aliphatic carboxylic acids is 1. The smallest absolute Gasteiger partial charge is 0.304 e. The van der Waals surface area contributed by atoms with Gasteiger partial charge in [-0.1, -0.05) is 42.3 Å². The normalized spacial score (nSPS) is 11.2. The van der Waals surface area contributed by atoms with E-state index in [-0.39, 0.29) is 12.3 Å². The second-order valence-electron chi connectivity index (χ2n) is 4.39. The van der Waals surface area contributed by atoms with Crippen LogP contribution in [0.3, 0.4) is 0 Å². The van der Waals surface area contributed by atoms with Crippen LogP contribution in [0, 0.1) is 11.8 Å². The van der Waals surface area contributed by atoms with Crippen molar-refractivity contribution in [1.82, 2.24) is 4.98 Å². The minimum Gasteiger partial charge on any atom is -0.481 e. The van der Waals surface area contributed by atoms with E-state index in [1.54, 1.807) is 13.1 Å². The summed E-state index contributed by atoms with van der Waals surface area (Å²) in [5, 5.41) is 8.92. The van der Waals surface area contributed by atoms with Crippen LogP contribution < -0.4 is 0 Å². The first-order valence-corrected chi connectivity index (χ1v) is 6.36. The Hall–Kier alpha value is -2.60. The van der Waals surface area contributed by atoms with Crippen molar-refractivity contribution in [3.8, 4) is 23.1 Å².